The minimum Gasteiger partial charge on any atom is -0.364 e. The maximum Gasteiger partial charge on any atom is 0.224 e. The van der Waals surface area contributed by atoms with E-state index >= 15 is 0 Å². The van der Waals surface area contributed by atoms with Crippen molar-refractivity contribution in [3.63, 3.8) is 0 Å². The third kappa shape index (κ3) is 4.28. The van der Waals surface area contributed by atoms with Crippen LogP contribution in [0, 0.1) is 5.82 Å². The van der Waals surface area contributed by atoms with Crippen LogP contribution in [0.3, 0.4) is 0 Å². The summed E-state index contributed by atoms with van der Waals surface area (Å²) >= 11 is 5.49. The maximum absolute atomic E-state index is 13.2. The Labute approximate surface area is 98.0 Å². The molecule has 0 aliphatic carbocycles. The summed E-state index contributed by atoms with van der Waals surface area (Å²) in [6, 6.07) is -0.463. The summed E-state index contributed by atoms with van der Waals surface area (Å²) in [5, 5.41) is 2.52. The molecule has 1 heterocycles. The van der Waals surface area contributed by atoms with Gasteiger partial charge in [0.2, 0.25) is 5.28 Å². The Morgan fingerprint density at radius 3 is 2.81 bits per heavy atom. The molecule has 1 aromatic heterocycles. The van der Waals surface area contributed by atoms with Crippen molar-refractivity contribution in [1.29, 1.82) is 0 Å². The molecular weight excluding hydrogens is 257 g/mol. The van der Waals surface area contributed by atoms with Crippen LogP contribution in [0.5, 0.6) is 0 Å². The standard InChI is InChI=1S/C8H11ClFN3O2S/c1-5(4-16(2,14)15)12-7-6(10)3-11-8(9)13-7/h3,5H,4H2,1-2H3,(H,11,12,13). The van der Waals surface area contributed by atoms with Gasteiger partial charge in [0, 0.05) is 12.3 Å². The fraction of sp³-hybridized carbons (Fsp3) is 0.500. The Bertz CT molecular complexity index is 480. The molecule has 0 saturated heterocycles. The van der Waals surface area contributed by atoms with E-state index in [0.717, 1.165) is 12.5 Å². The molecule has 0 bridgehead atoms. The molecule has 1 atom stereocenters. The monoisotopic (exact) mass is 267 g/mol. The van der Waals surface area contributed by atoms with Gasteiger partial charge in [0.15, 0.2) is 11.6 Å². The summed E-state index contributed by atoms with van der Waals surface area (Å²) in [5.74, 6) is -0.894. The molecule has 90 valence electrons. The molecular formula is C8H11ClFN3O2S. The van der Waals surface area contributed by atoms with Crippen LogP contribution in [0.2, 0.25) is 5.28 Å². The van der Waals surface area contributed by atoms with Gasteiger partial charge in [-0.15, -0.1) is 0 Å². The van der Waals surface area contributed by atoms with Gasteiger partial charge in [0.05, 0.1) is 11.9 Å². The number of aromatic nitrogens is 2. The molecule has 8 heteroatoms. The molecule has 0 aromatic carbocycles. The molecule has 0 amide bonds. The van der Waals surface area contributed by atoms with E-state index < -0.39 is 21.7 Å². The molecule has 1 rings (SSSR count). The second-order valence-electron chi connectivity index (χ2n) is 3.47. The lowest BCUT2D eigenvalue weighted by Crippen LogP contribution is -2.26. The van der Waals surface area contributed by atoms with Crippen LogP contribution < -0.4 is 5.32 Å². The van der Waals surface area contributed by atoms with Gasteiger partial charge in [0.25, 0.3) is 0 Å². The fourth-order valence-electron chi connectivity index (χ4n) is 1.18. The van der Waals surface area contributed by atoms with Crippen LogP contribution in [0.15, 0.2) is 6.20 Å². The third-order valence-corrected chi connectivity index (χ3v) is 2.94. The van der Waals surface area contributed by atoms with Crippen LogP contribution >= 0.6 is 11.6 Å². The number of hydrogen-bond donors (Lipinski definition) is 1. The summed E-state index contributed by atoms with van der Waals surface area (Å²) in [5.41, 5.74) is 0. The topological polar surface area (TPSA) is 72.0 Å². The van der Waals surface area contributed by atoms with Gasteiger partial charge in [-0.3, -0.25) is 0 Å². The lowest BCUT2D eigenvalue weighted by atomic mass is 10.4. The molecule has 16 heavy (non-hydrogen) atoms. The number of anilines is 1. The van der Waals surface area contributed by atoms with Crippen molar-refractivity contribution in [2.24, 2.45) is 0 Å². The van der Waals surface area contributed by atoms with Crippen molar-refractivity contribution in [3.8, 4) is 0 Å². The van der Waals surface area contributed by atoms with Crippen molar-refractivity contribution in [2.45, 2.75) is 13.0 Å². The van der Waals surface area contributed by atoms with E-state index in [9.17, 15) is 12.8 Å². The summed E-state index contributed by atoms with van der Waals surface area (Å²) in [7, 11) is -3.13. The number of hydrogen-bond acceptors (Lipinski definition) is 5. The Morgan fingerprint density at radius 2 is 2.25 bits per heavy atom. The molecule has 1 unspecified atom stereocenters. The minimum atomic E-state index is -3.13. The van der Waals surface area contributed by atoms with Crippen LogP contribution in [-0.2, 0) is 9.84 Å². The Balaban J connectivity index is 2.77. The molecule has 0 fully saturated rings. The Morgan fingerprint density at radius 1 is 1.62 bits per heavy atom. The first kappa shape index (κ1) is 13.1. The summed E-state index contributed by atoms with van der Waals surface area (Å²) in [6.45, 7) is 1.61. The SMILES string of the molecule is CC(CS(C)(=O)=O)Nc1nc(Cl)ncc1F. The van der Waals surface area contributed by atoms with Crippen molar-refractivity contribution in [3.05, 3.63) is 17.3 Å². The van der Waals surface area contributed by atoms with Gasteiger partial charge < -0.3 is 5.32 Å². The Kier molecular flexibility index (Phi) is 4.03. The average molecular weight is 268 g/mol. The van der Waals surface area contributed by atoms with E-state index in [4.69, 9.17) is 11.6 Å². The number of sulfone groups is 1. The average Bonchev–Trinajstić information content (AvgIpc) is 2.08. The quantitative estimate of drug-likeness (QED) is 0.828. The highest BCUT2D eigenvalue weighted by molar-refractivity contribution is 7.90. The predicted molar refractivity (Wildman–Crippen MR) is 59.8 cm³/mol. The summed E-state index contributed by atoms with van der Waals surface area (Å²) in [4.78, 5) is 7.06. The first-order valence-electron chi connectivity index (χ1n) is 4.40. The van der Waals surface area contributed by atoms with Crippen LogP contribution in [-0.4, -0.2) is 36.4 Å². The van der Waals surface area contributed by atoms with E-state index in [1.54, 1.807) is 6.92 Å². The lowest BCUT2D eigenvalue weighted by molar-refractivity contribution is 0.595. The van der Waals surface area contributed by atoms with Crippen LogP contribution in [0.1, 0.15) is 6.92 Å². The zero-order chi connectivity index (χ0) is 12.3. The largest absolute Gasteiger partial charge is 0.364 e. The Hall–Kier alpha value is -0.950. The normalized spacial score (nSPS) is 13.5. The molecule has 0 radical (unpaired) electrons. The van der Waals surface area contributed by atoms with Gasteiger partial charge >= 0.3 is 0 Å². The number of rotatable bonds is 4. The molecule has 5 nitrogen and oxygen atoms in total. The third-order valence-electron chi connectivity index (χ3n) is 1.65. The number of nitrogens with one attached hydrogen (secondary N) is 1. The highest BCUT2D eigenvalue weighted by Gasteiger charge is 2.13. The van der Waals surface area contributed by atoms with Gasteiger partial charge in [-0.1, -0.05) is 0 Å². The van der Waals surface area contributed by atoms with Crippen molar-refractivity contribution < 1.29 is 12.8 Å². The second-order valence-corrected chi connectivity index (χ2v) is 6.00. The first-order chi connectivity index (χ1) is 7.28. The molecule has 0 spiro atoms. The predicted octanol–water partition coefficient (Wildman–Crippen LogP) is 1.11. The number of halogens is 2. The zero-order valence-electron chi connectivity index (χ0n) is 8.74. The first-order valence-corrected chi connectivity index (χ1v) is 6.84. The molecule has 1 N–H and O–H groups in total. The minimum absolute atomic E-state index is 0.101. The van der Waals surface area contributed by atoms with E-state index in [1.807, 2.05) is 0 Å². The van der Waals surface area contributed by atoms with E-state index in [2.05, 4.69) is 15.3 Å². The smallest absolute Gasteiger partial charge is 0.224 e. The van der Waals surface area contributed by atoms with Gasteiger partial charge in [-0.2, -0.15) is 4.98 Å². The highest BCUT2D eigenvalue weighted by atomic mass is 35.5. The summed E-state index contributed by atoms with van der Waals surface area (Å²) < 4.78 is 35.1. The van der Waals surface area contributed by atoms with E-state index in [0.29, 0.717) is 0 Å². The van der Waals surface area contributed by atoms with Crippen molar-refractivity contribution in [1.82, 2.24) is 9.97 Å². The van der Waals surface area contributed by atoms with Gasteiger partial charge in [-0.25, -0.2) is 17.8 Å². The molecule has 0 aliphatic rings. The van der Waals surface area contributed by atoms with E-state index in [1.165, 1.54) is 0 Å². The van der Waals surface area contributed by atoms with Gasteiger partial charge in [0.1, 0.15) is 9.84 Å². The van der Waals surface area contributed by atoms with Crippen molar-refractivity contribution in [2.75, 3.05) is 17.3 Å². The second kappa shape index (κ2) is 4.92. The van der Waals surface area contributed by atoms with Crippen LogP contribution in [0.25, 0.3) is 0 Å². The van der Waals surface area contributed by atoms with E-state index in [-0.39, 0.29) is 16.9 Å². The van der Waals surface area contributed by atoms with Crippen molar-refractivity contribution >= 4 is 27.3 Å². The zero-order valence-corrected chi connectivity index (χ0v) is 10.3. The molecule has 0 aliphatic heterocycles. The lowest BCUT2D eigenvalue weighted by Gasteiger charge is -2.13. The molecule has 0 saturated carbocycles. The maximum atomic E-state index is 13.2. The highest BCUT2D eigenvalue weighted by Crippen LogP contribution is 2.13. The van der Waals surface area contributed by atoms with Gasteiger partial charge in [-0.05, 0) is 18.5 Å². The number of nitrogens with zero attached hydrogens (tertiary/aromatic N) is 2. The summed E-state index contributed by atoms with van der Waals surface area (Å²) in [6.07, 6.45) is 2.03. The van der Waals surface area contributed by atoms with Crippen LogP contribution in [0.4, 0.5) is 10.2 Å². The molecule has 1 aromatic rings. The fourth-order valence-corrected chi connectivity index (χ4v) is 2.30.